The summed E-state index contributed by atoms with van der Waals surface area (Å²) in [5.74, 6) is -2.84. The van der Waals surface area contributed by atoms with E-state index in [1.165, 1.54) is 24.3 Å². The second kappa shape index (κ2) is 7.59. The second-order valence-corrected chi connectivity index (χ2v) is 7.51. The number of aryl methyl sites for hydroxylation is 1. The van der Waals surface area contributed by atoms with E-state index in [9.17, 15) is 40.2 Å². The number of phenolic OH excluding ortho intramolecular Hbond substituents is 2. The van der Waals surface area contributed by atoms with E-state index in [0.717, 1.165) is 0 Å². The predicted molar refractivity (Wildman–Crippen MR) is 102 cm³/mol. The Hall–Kier alpha value is -3.02. The van der Waals surface area contributed by atoms with E-state index in [1.807, 2.05) is 0 Å². The number of aliphatic hydroxyl groups excluding tert-OH is 4. The van der Waals surface area contributed by atoms with Gasteiger partial charge >= 0.3 is 0 Å². The topological polar surface area (TPSA) is 174 Å². The van der Waals surface area contributed by atoms with Crippen LogP contribution in [-0.4, -0.2) is 79.5 Å². The van der Waals surface area contributed by atoms with Gasteiger partial charge in [0.2, 0.25) is 12.1 Å². The Kier molecular flexibility index (Phi) is 5.20. The fourth-order valence-electron chi connectivity index (χ4n) is 3.83. The maximum atomic E-state index is 13.0. The molecule has 2 aromatic rings. The van der Waals surface area contributed by atoms with Crippen molar-refractivity contribution in [3.05, 3.63) is 52.1 Å². The summed E-state index contributed by atoms with van der Waals surface area (Å²) in [6, 6.07) is 5.21. The van der Waals surface area contributed by atoms with E-state index in [1.54, 1.807) is 6.92 Å². The molecule has 0 amide bonds. The third-order valence-corrected chi connectivity index (χ3v) is 5.44. The molecular formula is C21H20O10. The molecule has 1 fully saturated rings. The summed E-state index contributed by atoms with van der Waals surface area (Å²) >= 11 is 0. The average Bonchev–Trinajstić information content (AvgIpc) is 2.73. The van der Waals surface area contributed by atoms with E-state index < -0.39 is 65.9 Å². The van der Waals surface area contributed by atoms with Crippen LogP contribution < -0.4 is 4.74 Å². The lowest BCUT2D eigenvalue weighted by atomic mass is 9.82. The van der Waals surface area contributed by atoms with Gasteiger partial charge in [-0.05, 0) is 36.8 Å². The molecule has 1 heterocycles. The first kappa shape index (κ1) is 21.2. The zero-order valence-electron chi connectivity index (χ0n) is 16.2. The van der Waals surface area contributed by atoms with E-state index in [4.69, 9.17) is 9.47 Å². The van der Waals surface area contributed by atoms with Crippen LogP contribution in [0.25, 0.3) is 0 Å². The first-order valence-electron chi connectivity index (χ1n) is 9.41. The van der Waals surface area contributed by atoms with Crippen LogP contribution in [0.4, 0.5) is 0 Å². The minimum atomic E-state index is -1.74. The van der Waals surface area contributed by atoms with Crippen molar-refractivity contribution < 1.29 is 49.7 Å². The average molecular weight is 432 g/mol. The quantitative estimate of drug-likeness (QED) is 0.312. The number of carbonyl (C=O) groups excluding carboxylic acids is 2. The molecule has 2 aromatic carbocycles. The van der Waals surface area contributed by atoms with Crippen LogP contribution in [0.5, 0.6) is 17.2 Å². The van der Waals surface area contributed by atoms with Gasteiger partial charge in [0, 0.05) is 11.1 Å². The Morgan fingerprint density at radius 1 is 0.935 bits per heavy atom. The fourth-order valence-corrected chi connectivity index (χ4v) is 3.83. The smallest absolute Gasteiger partial charge is 0.229 e. The standard InChI is InChI=1S/C21H20O10/c1-7-4-9-13(10(23)5-7)18(27)14-8(15(9)24)2-3-11(16(14)25)30-21-20(29)19(28)17(26)12(6-22)31-21/h2-5,12,17,19-23,25-26,28-29H,6H2,1H3. The minimum absolute atomic E-state index is 0.0111. The molecule has 5 atom stereocenters. The van der Waals surface area contributed by atoms with Gasteiger partial charge in [0.05, 0.1) is 17.7 Å². The highest BCUT2D eigenvalue weighted by Crippen LogP contribution is 2.42. The molecule has 0 bridgehead atoms. The Labute approximate surface area is 175 Å². The number of hydrogen-bond acceptors (Lipinski definition) is 10. The van der Waals surface area contributed by atoms with Gasteiger partial charge in [-0.25, -0.2) is 0 Å². The number of aromatic hydroxyl groups is 2. The number of benzene rings is 2. The van der Waals surface area contributed by atoms with Gasteiger partial charge in [-0.3, -0.25) is 9.59 Å². The molecule has 5 unspecified atom stereocenters. The first-order chi connectivity index (χ1) is 14.6. The first-order valence-corrected chi connectivity index (χ1v) is 9.41. The molecule has 1 aliphatic carbocycles. The summed E-state index contributed by atoms with van der Waals surface area (Å²) in [4.78, 5) is 25.9. The monoisotopic (exact) mass is 432 g/mol. The van der Waals surface area contributed by atoms with Gasteiger partial charge in [-0.15, -0.1) is 0 Å². The molecule has 1 aliphatic heterocycles. The molecule has 1 saturated heterocycles. The van der Waals surface area contributed by atoms with Gasteiger partial charge in [-0.2, -0.15) is 0 Å². The molecule has 31 heavy (non-hydrogen) atoms. The van der Waals surface area contributed by atoms with Crippen LogP contribution >= 0.6 is 0 Å². The third kappa shape index (κ3) is 3.25. The summed E-state index contributed by atoms with van der Waals surface area (Å²) < 4.78 is 10.6. The SMILES string of the molecule is Cc1cc(O)c2c(c1)C(=O)c1ccc(OC3OC(CO)C(O)C(O)C3O)c(O)c1C2=O. The lowest BCUT2D eigenvalue weighted by Gasteiger charge is -2.39. The van der Waals surface area contributed by atoms with Gasteiger partial charge < -0.3 is 40.1 Å². The summed E-state index contributed by atoms with van der Waals surface area (Å²) in [6.45, 7) is 0.978. The maximum Gasteiger partial charge on any atom is 0.229 e. The summed E-state index contributed by atoms with van der Waals surface area (Å²) in [5.41, 5.74) is -0.145. The van der Waals surface area contributed by atoms with Gasteiger partial charge in [0.15, 0.2) is 17.3 Å². The van der Waals surface area contributed by atoms with Gasteiger partial charge in [0.1, 0.15) is 30.2 Å². The summed E-state index contributed by atoms with van der Waals surface area (Å²) in [5, 5.41) is 60.0. The molecule has 0 radical (unpaired) electrons. The molecule has 0 saturated carbocycles. The number of ketones is 2. The predicted octanol–water partition coefficient (Wildman–Crippen LogP) is -0.640. The van der Waals surface area contributed by atoms with E-state index in [0.29, 0.717) is 5.56 Å². The van der Waals surface area contributed by atoms with E-state index >= 15 is 0 Å². The molecule has 164 valence electrons. The minimum Gasteiger partial charge on any atom is -0.507 e. The Bertz CT molecular complexity index is 1080. The van der Waals surface area contributed by atoms with Crippen molar-refractivity contribution in [1.82, 2.24) is 0 Å². The molecule has 0 aromatic heterocycles. The number of hydrogen-bond donors (Lipinski definition) is 6. The zero-order valence-corrected chi connectivity index (χ0v) is 16.2. The molecule has 2 aliphatic rings. The van der Waals surface area contributed by atoms with Gasteiger partial charge in [-0.1, -0.05) is 0 Å². The van der Waals surface area contributed by atoms with Crippen LogP contribution in [0.3, 0.4) is 0 Å². The van der Waals surface area contributed by atoms with Crippen LogP contribution in [0.15, 0.2) is 24.3 Å². The van der Waals surface area contributed by atoms with Crippen LogP contribution in [0.1, 0.15) is 37.4 Å². The van der Waals surface area contributed by atoms with Crippen LogP contribution in [0, 0.1) is 6.92 Å². The largest absolute Gasteiger partial charge is 0.507 e. The highest BCUT2D eigenvalue weighted by atomic mass is 16.7. The lowest BCUT2D eigenvalue weighted by molar-refractivity contribution is -0.277. The van der Waals surface area contributed by atoms with E-state index in [2.05, 4.69) is 0 Å². The summed E-state index contributed by atoms with van der Waals surface area (Å²) in [7, 11) is 0. The number of ether oxygens (including phenoxy) is 2. The van der Waals surface area contributed by atoms with Crippen molar-refractivity contribution in [2.24, 2.45) is 0 Å². The number of rotatable bonds is 3. The number of carbonyl (C=O) groups is 2. The lowest BCUT2D eigenvalue weighted by Crippen LogP contribution is -2.60. The van der Waals surface area contributed by atoms with Crippen molar-refractivity contribution >= 4 is 11.6 Å². The van der Waals surface area contributed by atoms with Crippen LogP contribution in [0.2, 0.25) is 0 Å². The second-order valence-electron chi connectivity index (χ2n) is 7.51. The van der Waals surface area contributed by atoms with Crippen molar-refractivity contribution in [3.8, 4) is 17.2 Å². The van der Waals surface area contributed by atoms with Crippen LogP contribution in [-0.2, 0) is 4.74 Å². The van der Waals surface area contributed by atoms with E-state index in [-0.39, 0.29) is 22.4 Å². The molecule has 4 rings (SSSR count). The third-order valence-electron chi connectivity index (χ3n) is 5.44. The zero-order chi connectivity index (χ0) is 22.6. The Balaban J connectivity index is 1.73. The van der Waals surface area contributed by atoms with Crippen molar-refractivity contribution in [3.63, 3.8) is 0 Å². The van der Waals surface area contributed by atoms with Crippen molar-refractivity contribution in [2.75, 3.05) is 6.61 Å². The molecule has 6 N–H and O–H groups in total. The Morgan fingerprint density at radius 3 is 2.32 bits per heavy atom. The number of fused-ring (bicyclic) bond motifs is 2. The number of aliphatic hydroxyl groups is 4. The molecule has 0 spiro atoms. The fraction of sp³-hybridized carbons (Fsp3) is 0.333. The van der Waals surface area contributed by atoms with Crippen molar-refractivity contribution in [1.29, 1.82) is 0 Å². The summed E-state index contributed by atoms with van der Waals surface area (Å²) in [6.07, 6.45) is -7.88. The number of phenols is 2. The molecule has 10 nitrogen and oxygen atoms in total. The maximum absolute atomic E-state index is 13.0. The highest BCUT2D eigenvalue weighted by Gasteiger charge is 2.45. The highest BCUT2D eigenvalue weighted by molar-refractivity contribution is 6.30. The molecular weight excluding hydrogens is 412 g/mol. The Morgan fingerprint density at radius 2 is 1.65 bits per heavy atom. The molecule has 10 heteroatoms. The van der Waals surface area contributed by atoms with Crippen molar-refractivity contribution in [2.45, 2.75) is 37.6 Å². The normalized spacial score (nSPS) is 27.6. The van der Waals surface area contributed by atoms with Gasteiger partial charge in [0.25, 0.3) is 0 Å².